The molecule has 2 rings (SSSR count). The number of ether oxygens (including phenoxy) is 2. The zero-order valence-electron chi connectivity index (χ0n) is 11.9. The minimum Gasteiger partial charge on any atom is -0.493 e. The van der Waals surface area contributed by atoms with Crippen molar-refractivity contribution in [3.05, 3.63) is 22.2 Å². The molecule has 1 heterocycles. The summed E-state index contributed by atoms with van der Waals surface area (Å²) in [6, 6.07) is 3.44. The van der Waals surface area contributed by atoms with E-state index >= 15 is 0 Å². The van der Waals surface area contributed by atoms with Gasteiger partial charge in [0.1, 0.15) is 5.69 Å². The van der Waals surface area contributed by atoms with Crippen molar-refractivity contribution in [1.82, 2.24) is 5.32 Å². The summed E-state index contributed by atoms with van der Waals surface area (Å²) in [5, 5.41) is 14.5. The molecule has 0 aromatic heterocycles. The summed E-state index contributed by atoms with van der Waals surface area (Å²) in [6.07, 6.45) is 0.960. The van der Waals surface area contributed by atoms with Crippen LogP contribution in [-0.4, -0.2) is 45.3 Å². The molecule has 0 radical (unpaired) electrons. The number of anilines is 1. The van der Waals surface area contributed by atoms with Crippen LogP contribution < -0.4 is 19.7 Å². The molecular formula is C13H19N3O4. The highest BCUT2D eigenvalue weighted by molar-refractivity contribution is 5.70. The average molecular weight is 281 g/mol. The van der Waals surface area contributed by atoms with Crippen LogP contribution in [-0.2, 0) is 0 Å². The lowest BCUT2D eigenvalue weighted by Crippen LogP contribution is -2.29. The Hall–Kier alpha value is -2.02. The fraction of sp³-hybridized carbons (Fsp3) is 0.538. The van der Waals surface area contributed by atoms with Gasteiger partial charge in [-0.25, -0.2) is 0 Å². The molecule has 0 aliphatic carbocycles. The van der Waals surface area contributed by atoms with Crippen LogP contribution in [0.3, 0.4) is 0 Å². The van der Waals surface area contributed by atoms with Gasteiger partial charge in [-0.05, 0) is 13.5 Å². The molecule has 1 aromatic carbocycles. The van der Waals surface area contributed by atoms with E-state index in [0.29, 0.717) is 23.2 Å². The average Bonchev–Trinajstić information content (AvgIpc) is 2.94. The van der Waals surface area contributed by atoms with Gasteiger partial charge in [-0.3, -0.25) is 10.1 Å². The second-order valence-electron chi connectivity index (χ2n) is 4.67. The molecule has 20 heavy (non-hydrogen) atoms. The smallest absolute Gasteiger partial charge is 0.296 e. The number of hydrogen-bond donors (Lipinski definition) is 1. The van der Waals surface area contributed by atoms with Crippen LogP contribution in [0.15, 0.2) is 12.1 Å². The van der Waals surface area contributed by atoms with Crippen LogP contribution in [0.2, 0.25) is 0 Å². The number of benzene rings is 1. The predicted molar refractivity (Wildman–Crippen MR) is 75.9 cm³/mol. The van der Waals surface area contributed by atoms with Crippen LogP contribution in [0.5, 0.6) is 11.5 Å². The van der Waals surface area contributed by atoms with E-state index in [1.165, 1.54) is 20.3 Å². The van der Waals surface area contributed by atoms with Crippen molar-refractivity contribution in [2.75, 3.05) is 39.3 Å². The largest absolute Gasteiger partial charge is 0.493 e. The number of hydrogen-bond acceptors (Lipinski definition) is 6. The van der Waals surface area contributed by atoms with Crippen molar-refractivity contribution >= 4 is 11.4 Å². The van der Waals surface area contributed by atoms with Gasteiger partial charge in [-0.15, -0.1) is 0 Å². The highest BCUT2D eigenvalue weighted by atomic mass is 16.6. The van der Waals surface area contributed by atoms with E-state index < -0.39 is 0 Å². The Kier molecular flexibility index (Phi) is 4.29. The fourth-order valence-electron chi connectivity index (χ4n) is 2.47. The van der Waals surface area contributed by atoms with Crippen LogP contribution in [0, 0.1) is 10.1 Å². The van der Waals surface area contributed by atoms with Crippen LogP contribution >= 0.6 is 0 Å². The third kappa shape index (κ3) is 2.62. The SMILES string of the molecule is CNC1CCN(c2cc(OC)c(OC)cc2[N+](=O)[O-])C1. The number of nitro benzene ring substituents is 1. The summed E-state index contributed by atoms with van der Waals surface area (Å²) in [4.78, 5) is 12.9. The van der Waals surface area contributed by atoms with E-state index in [1.54, 1.807) is 6.07 Å². The van der Waals surface area contributed by atoms with Gasteiger partial charge in [-0.2, -0.15) is 0 Å². The first-order valence-electron chi connectivity index (χ1n) is 6.43. The van der Waals surface area contributed by atoms with Crippen molar-refractivity contribution in [2.45, 2.75) is 12.5 Å². The highest BCUT2D eigenvalue weighted by Crippen LogP contribution is 2.40. The molecule has 1 aliphatic rings. The first-order chi connectivity index (χ1) is 9.60. The highest BCUT2D eigenvalue weighted by Gasteiger charge is 2.28. The zero-order chi connectivity index (χ0) is 14.7. The molecule has 0 saturated carbocycles. The molecule has 1 atom stereocenters. The lowest BCUT2D eigenvalue weighted by atomic mass is 10.2. The quantitative estimate of drug-likeness (QED) is 0.649. The summed E-state index contributed by atoms with van der Waals surface area (Å²) in [7, 11) is 4.89. The van der Waals surface area contributed by atoms with Crippen molar-refractivity contribution in [3.8, 4) is 11.5 Å². The molecule has 0 amide bonds. The molecule has 7 nitrogen and oxygen atoms in total. The second kappa shape index (κ2) is 5.96. The summed E-state index contributed by atoms with van der Waals surface area (Å²) in [6.45, 7) is 1.52. The molecule has 110 valence electrons. The number of nitrogens with zero attached hydrogens (tertiary/aromatic N) is 2. The summed E-state index contributed by atoms with van der Waals surface area (Å²) in [5.41, 5.74) is 0.616. The van der Waals surface area contributed by atoms with E-state index in [4.69, 9.17) is 9.47 Å². The Morgan fingerprint density at radius 3 is 2.50 bits per heavy atom. The number of likely N-dealkylation sites (N-methyl/N-ethyl adjacent to an activating group) is 1. The number of nitro groups is 1. The second-order valence-corrected chi connectivity index (χ2v) is 4.67. The third-order valence-corrected chi connectivity index (χ3v) is 3.61. The van der Waals surface area contributed by atoms with Gasteiger partial charge in [0.05, 0.1) is 25.2 Å². The van der Waals surface area contributed by atoms with Crippen molar-refractivity contribution in [1.29, 1.82) is 0 Å². The first-order valence-corrected chi connectivity index (χ1v) is 6.43. The maximum atomic E-state index is 11.3. The van der Waals surface area contributed by atoms with Gasteiger partial charge in [0.15, 0.2) is 11.5 Å². The topological polar surface area (TPSA) is 76.9 Å². The van der Waals surface area contributed by atoms with E-state index in [0.717, 1.165) is 19.5 Å². The van der Waals surface area contributed by atoms with Crippen LogP contribution in [0.4, 0.5) is 11.4 Å². The maximum Gasteiger partial charge on any atom is 0.296 e. The molecule has 0 bridgehead atoms. The van der Waals surface area contributed by atoms with E-state index in [1.807, 2.05) is 11.9 Å². The van der Waals surface area contributed by atoms with Gasteiger partial charge in [-0.1, -0.05) is 0 Å². The third-order valence-electron chi connectivity index (χ3n) is 3.61. The summed E-state index contributed by atoms with van der Waals surface area (Å²) >= 11 is 0. The minimum absolute atomic E-state index is 0.0411. The Bertz CT molecular complexity index is 507. The Morgan fingerprint density at radius 2 is 2.00 bits per heavy atom. The Labute approximate surface area is 117 Å². The Morgan fingerprint density at radius 1 is 1.35 bits per heavy atom. The predicted octanol–water partition coefficient (Wildman–Crippen LogP) is 1.41. The molecule has 1 unspecified atom stereocenters. The number of nitrogens with one attached hydrogen (secondary N) is 1. The van der Waals surface area contributed by atoms with E-state index in [-0.39, 0.29) is 10.6 Å². The lowest BCUT2D eigenvalue weighted by Gasteiger charge is -2.20. The standard InChI is InChI=1S/C13H19N3O4/c1-14-9-4-5-15(8-9)10-6-12(19-2)13(20-3)7-11(10)16(17)18/h6-7,9,14H,4-5,8H2,1-3H3. The number of rotatable bonds is 5. The molecule has 1 aliphatic heterocycles. The molecule has 1 N–H and O–H groups in total. The van der Waals surface area contributed by atoms with Crippen LogP contribution in [0.25, 0.3) is 0 Å². The van der Waals surface area contributed by atoms with Crippen molar-refractivity contribution in [2.24, 2.45) is 0 Å². The Balaban J connectivity index is 2.42. The van der Waals surface area contributed by atoms with E-state index in [2.05, 4.69) is 5.32 Å². The molecule has 1 aromatic rings. The van der Waals surface area contributed by atoms with Gasteiger partial charge >= 0.3 is 0 Å². The molecular weight excluding hydrogens is 262 g/mol. The van der Waals surface area contributed by atoms with E-state index in [9.17, 15) is 10.1 Å². The monoisotopic (exact) mass is 281 g/mol. The van der Waals surface area contributed by atoms with Crippen molar-refractivity contribution in [3.63, 3.8) is 0 Å². The normalized spacial score (nSPS) is 18.1. The van der Waals surface area contributed by atoms with Crippen molar-refractivity contribution < 1.29 is 14.4 Å². The molecule has 1 fully saturated rings. The van der Waals surface area contributed by atoms with Gasteiger partial charge < -0.3 is 19.7 Å². The molecule has 1 saturated heterocycles. The zero-order valence-corrected chi connectivity index (χ0v) is 11.9. The molecule has 0 spiro atoms. The maximum absolute atomic E-state index is 11.3. The number of methoxy groups -OCH3 is 2. The van der Waals surface area contributed by atoms with Gasteiger partial charge in [0, 0.05) is 25.2 Å². The van der Waals surface area contributed by atoms with Gasteiger partial charge in [0.2, 0.25) is 0 Å². The molecule has 7 heteroatoms. The lowest BCUT2D eigenvalue weighted by molar-refractivity contribution is -0.384. The summed E-state index contributed by atoms with van der Waals surface area (Å²) < 4.78 is 10.4. The summed E-state index contributed by atoms with van der Waals surface area (Å²) in [5.74, 6) is 0.869. The van der Waals surface area contributed by atoms with Crippen LogP contribution in [0.1, 0.15) is 6.42 Å². The first kappa shape index (κ1) is 14.4. The fourth-order valence-corrected chi connectivity index (χ4v) is 2.47. The van der Waals surface area contributed by atoms with Gasteiger partial charge in [0.25, 0.3) is 5.69 Å². The minimum atomic E-state index is -0.385.